The number of anilines is 3. The number of alkyl halides is 1. The second-order valence-corrected chi connectivity index (χ2v) is 11.1. The molecule has 0 bridgehead atoms. The standard InChI is InChI=1S/C29H36FN9O2/c1-17-13-32-29(34-23-16-38(3)36-28(23)41-4)35-25(17)21-14-31-26-20(21)6-5-7-22(26)33-27(40)24-12-18(30)15-39(24)19-8-10-37(2)11-9-19/h5-7,13-14,16,18-19,24,31H,8-12,15H2,1-4H3,(H,33,40)(H,32,34,35)/t18-,24+/m0/s1. The summed E-state index contributed by atoms with van der Waals surface area (Å²) >= 11 is 0. The Morgan fingerprint density at radius 3 is 2.78 bits per heavy atom. The topological polar surface area (TPSA) is 116 Å². The van der Waals surface area contributed by atoms with Crippen LogP contribution < -0.4 is 15.4 Å². The number of ether oxygens (including phenoxy) is 1. The van der Waals surface area contributed by atoms with Crippen molar-refractivity contribution < 1.29 is 13.9 Å². The summed E-state index contributed by atoms with van der Waals surface area (Å²) in [7, 11) is 5.48. The van der Waals surface area contributed by atoms with Crippen LogP contribution in [-0.2, 0) is 11.8 Å². The largest absolute Gasteiger partial charge is 0.478 e. The van der Waals surface area contributed by atoms with Crippen LogP contribution in [0.2, 0.25) is 0 Å². The number of rotatable bonds is 7. The van der Waals surface area contributed by atoms with Gasteiger partial charge in [0.15, 0.2) is 0 Å². The maximum Gasteiger partial charge on any atom is 0.256 e. The molecule has 11 nitrogen and oxygen atoms in total. The quantitative estimate of drug-likeness (QED) is 0.312. The lowest BCUT2D eigenvalue weighted by Gasteiger charge is -2.37. The van der Waals surface area contributed by atoms with E-state index in [1.165, 1.54) is 0 Å². The van der Waals surface area contributed by atoms with Gasteiger partial charge in [-0.05, 0) is 51.5 Å². The molecule has 0 radical (unpaired) electrons. The molecule has 4 aromatic rings. The van der Waals surface area contributed by atoms with Crippen molar-refractivity contribution in [1.29, 1.82) is 0 Å². The summed E-state index contributed by atoms with van der Waals surface area (Å²) in [6.07, 6.45) is 6.59. The number of nitrogens with zero attached hydrogens (tertiary/aromatic N) is 6. The van der Waals surface area contributed by atoms with E-state index in [2.05, 4.69) is 42.5 Å². The van der Waals surface area contributed by atoms with E-state index < -0.39 is 12.2 Å². The number of hydrogen-bond donors (Lipinski definition) is 3. The molecule has 0 saturated carbocycles. The Morgan fingerprint density at radius 2 is 2.00 bits per heavy atom. The van der Waals surface area contributed by atoms with Gasteiger partial charge in [-0.15, -0.1) is 5.10 Å². The third-order valence-electron chi connectivity index (χ3n) is 8.18. The molecule has 2 saturated heterocycles. The molecule has 2 atom stereocenters. The number of methoxy groups -OCH3 is 1. The minimum absolute atomic E-state index is 0.164. The monoisotopic (exact) mass is 561 g/mol. The molecule has 2 aliphatic heterocycles. The average molecular weight is 562 g/mol. The van der Waals surface area contributed by atoms with Crippen molar-refractivity contribution in [3.8, 4) is 17.1 Å². The first-order chi connectivity index (χ1) is 19.8. The molecule has 0 unspecified atom stereocenters. The summed E-state index contributed by atoms with van der Waals surface area (Å²) in [5.74, 6) is 0.691. The number of benzene rings is 1. The minimum Gasteiger partial charge on any atom is -0.478 e. The first-order valence-corrected chi connectivity index (χ1v) is 14.0. The van der Waals surface area contributed by atoms with Gasteiger partial charge in [-0.2, -0.15) is 0 Å². The van der Waals surface area contributed by atoms with Gasteiger partial charge in [-0.1, -0.05) is 12.1 Å². The molecule has 0 spiro atoms. The second-order valence-electron chi connectivity index (χ2n) is 11.1. The highest BCUT2D eigenvalue weighted by molar-refractivity contribution is 6.06. The fourth-order valence-corrected chi connectivity index (χ4v) is 6.07. The number of amides is 1. The van der Waals surface area contributed by atoms with Crippen LogP contribution in [0, 0.1) is 6.92 Å². The molecule has 5 heterocycles. The van der Waals surface area contributed by atoms with E-state index in [1.54, 1.807) is 24.2 Å². The van der Waals surface area contributed by atoms with E-state index in [0.29, 0.717) is 29.7 Å². The minimum atomic E-state index is -0.992. The van der Waals surface area contributed by atoms with E-state index in [1.807, 2.05) is 38.4 Å². The highest BCUT2D eigenvalue weighted by Gasteiger charge is 2.41. The fourth-order valence-electron chi connectivity index (χ4n) is 6.07. The molecule has 3 aromatic heterocycles. The fraction of sp³-hybridized carbons (Fsp3) is 0.448. The van der Waals surface area contributed by atoms with Gasteiger partial charge in [0.2, 0.25) is 11.9 Å². The van der Waals surface area contributed by atoms with Gasteiger partial charge >= 0.3 is 0 Å². The van der Waals surface area contributed by atoms with Crippen LogP contribution in [0.15, 0.2) is 36.8 Å². The van der Waals surface area contributed by atoms with Crippen LogP contribution in [0.3, 0.4) is 0 Å². The average Bonchev–Trinajstić information content (AvgIpc) is 3.67. The van der Waals surface area contributed by atoms with Crippen molar-refractivity contribution in [1.82, 2.24) is 34.5 Å². The number of likely N-dealkylation sites (tertiary alicyclic amines) is 2. The van der Waals surface area contributed by atoms with Gasteiger partial charge in [0.25, 0.3) is 5.88 Å². The number of hydrogen-bond acceptors (Lipinski definition) is 8. The number of piperidine rings is 1. The lowest BCUT2D eigenvalue weighted by Crippen LogP contribution is -2.49. The van der Waals surface area contributed by atoms with E-state index >= 15 is 0 Å². The lowest BCUT2D eigenvalue weighted by atomic mass is 10.0. The maximum absolute atomic E-state index is 14.6. The number of para-hydroxylation sites is 1. The molecule has 2 fully saturated rings. The number of aromatic amines is 1. The Kier molecular flexibility index (Phi) is 7.35. The summed E-state index contributed by atoms with van der Waals surface area (Å²) in [5.41, 5.74) is 4.65. The van der Waals surface area contributed by atoms with E-state index in [-0.39, 0.29) is 18.4 Å². The van der Waals surface area contributed by atoms with Crippen molar-refractivity contribution in [3.05, 3.63) is 42.4 Å². The van der Waals surface area contributed by atoms with Gasteiger partial charge in [0.1, 0.15) is 11.9 Å². The number of carbonyl (C=O) groups excluding carboxylic acids is 1. The predicted molar refractivity (Wildman–Crippen MR) is 156 cm³/mol. The van der Waals surface area contributed by atoms with E-state index in [0.717, 1.165) is 53.7 Å². The third-order valence-corrected chi connectivity index (χ3v) is 8.18. The predicted octanol–water partition coefficient (Wildman–Crippen LogP) is 3.86. The Hall–Kier alpha value is -4.03. The van der Waals surface area contributed by atoms with Gasteiger partial charge in [0.05, 0.1) is 36.2 Å². The van der Waals surface area contributed by atoms with Crippen molar-refractivity contribution in [2.24, 2.45) is 7.05 Å². The van der Waals surface area contributed by atoms with E-state index in [4.69, 9.17) is 9.72 Å². The van der Waals surface area contributed by atoms with Gasteiger partial charge in [-0.25, -0.2) is 14.4 Å². The molecular formula is C29H36FN9O2. The summed E-state index contributed by atoms with van der Waals surface area (Å²) in [5, 5.41) is 11.5. The van der Waals surface area contributed by atoms with Crippen molar-refractivity contribution >= 4 is 34.1 Å². The number of nitrogens with one attached hydrogen (secondary N) is 3. The molecule has 12 heteroatoms. The lowest BCUT2D eigenvalue weighted by molar-refractivity contribution is -0.121. The van der Waals surface area contributed by atoms with Gasteiger partial charge in [0, 0.05) is 49.4 Å². The SMILES string of the molecule is COc1nn(C)cc1Nc1ncc(C)c(-c2c[nH]c3c(NC(=O)[C@H]4C[C@H](F)CN4C4CCN(C)CC4)cccc23)n1. The van der Waals surface area contributed by atoms with Crippen LogP contribution in [0.5, 0.6) is 5.88 Å². The summed E-state index contributed by atoms with van der Waals surface area (Å²) < 4.78 is 21.6. The van der Waals surface area contributed by atoms with Crippen LogP contribution >= 0.6 is 0 Å². The molecule has 1 amide bonds. The zero-order chi connectivity index (χ0) is 28.7. The first kappa shape index (κ1) is 27.2. The van der Waals surface area contributed by atoms with Gasteiger partial charge < -0.3 is 25.3 Å². The molecule has 3 N–H and O–H groups in total. The number of H-pyrrole nitrogens is 1. The number of aromatic nitrogens is 5. The van der Waals surface area contributed by atoms with Gasteiger partial charge in [-0.3, -0.25) is 14.4 Å². The molecule has 1 aromatic carbocycles. The smallest absolute Gasteiger partial charge is 0.256 e. The van der Waals surface area contributed by atoms with Crippen molar-refractivity contribution in [2.75, 3.05) is 44.4 Å². The number of aryl methyl sites for hydroxylation is 2. The van der Waals surface area contributed by atoms with Crippen LogP contribution in [0.25, 0.3) is 22.2 Å². The zero-order valence-corrected chi connectivity index (χ0v) is 23.8. The normalized spacial score (nSPS) is 20.5. The van der Waals surface area contributed by atoms with Crippen molar-refractivity contribution in [2.45, 2.75) is 44.4 Å². The van der Waals surface area contributed by atoms with Crippen LogP contribution in [-0.4, -0.2) is 92.5 Å². The van der Waals surface area contributed by atoms with Crippen molar-refractivity contribution in [3.63, 3.8) is 0 Å². The molecule has 41 heavy (non-hydrogen) atoms. The van der Waals surface area contributed by atoms with Crippen LogP contribution in [0.4, 0.5) is 21.7 Å². The third kappa shape index (κ3) is 5.36. The Balaban J connectivity index is 1.25. The van der Waals surface area contributed by atoms with E-state index in [9.17, 15) is 9.18 Å². The highest BCUT2D eigenvalue weighted by Crippen LogP contribution is 2.35. The number of carbonyl (C=O) groups is 1. The first-order valence-electron chi connectivity index (χ1n) is 14.0. The summed E-state index contributed by atoms with van der Waals surface area (Å²) in [6, 6.07) is 5.52. The molecule has 0 aliphatic carbocycles. The number of fused-ring (bicyclic) bond motifs is 1. The summed E-state index contributed by atoms with van der Waals surface area (Å²) in [4.78, 5) is 30.5. The summed E-state index contributed by atoms with van der Waals surface area (Å²) in [6.45, 7) is 4.20. The Morgan fingerprint density at radius 1 is 1.20 bits per heavy atom. The highest BCUT2D eigenvalue weighted by atomic mass is 19.1. The molecular weight excluding hydrogens is 525 g/mol. The number of halogens is 1. The van der Waals surface area contributed by atoms with Crippen LogP contribution in [0.1, 0.15) is 24.8 Å². The maximum atomic E-state index is 14.6. The second kappa shape index (κ2) is 11.1. The Labute approximate surface area is 238 Å². The Bertz CT molecular complexity index is 1560. The molecule has 216 valence electrons. The molecule has 2 aliphatic rings. The molecule has 6 rings (SSSR count). The zero-order valence-electron chi connectivity index (χ0n) is 23.8.